The van der Waals surface area contributed by atoms with E-state index in [1.165, 1.54) is 0 Å². The molecule has 0 bridgehead atoms. The molecule has 1 heterocycles. The van der Waals surface area contributed by atoms with Gasteiger partial charge in [0.2, 0.25) is 0 Å². The third kappa shape index (κ3) is 4.40. The summed E-state index contributed by atoms with van der Waals surface area (Å²) >= 11 is 0. The fourth-order valence-corrected chi connectivity index (χ4v) is 3.59. The number of nitriles is 1. The Morgan fingerprint density at radius 2 is 1.86 bits per heavy atom. The topological polar surface area (TPSA) is 73.6 Å². The highest BCUT2D eigenvalue weighted by Crippen LogP contribution is 2.23. The smallest absolute Gasteiger partial charge is 0.263 e. The van der Waals surface area contributed by atoms with Crippen LogP contribution in [0.5, 0.6) is 5.75 Å². The maximum atomic E-state index is 13.0. The van der Waals surface area contributed by atoms with E-state index in [-0.39, 0.29) is 17.9 Å². The van der Waals surface area contributed by atoms with Crippen molar-refractivity contribution in [3.63, 3.8) is 0 Å². The summed E-state index contributed by atoms with van der Waals surface area (Å²) < 4.78 is 5.83. The Balaban J connectivity index is 1.65. The molecule has 2 aromatic carbocycles. The molecule has 2 atom stereocenters. The second-order valence-electron chi connectivity index (χ2n) is 7.32. The van der Waals surface area contributed by atoms with E-state index in [0.29, 0.717) is 36.5 Å². The third-order valence-electron chi connectivity index (χ3n) is 5.22. The minimum atomic E-state index is -0.720. The molecule has 0 spiro atoms. The molecular formula is C23H25N3O3. The van der Waals surface area contributed by atoms with Gasteiger partial charge in [-0.25, -0.2) is 0 Å². The number of hydrogen-bond acceptors (Lipinski definition) is 4. The highest BCUT2D eigenvalue weighted by atomic mass is 16.5. The van der Waals surface area contributed by atoms with Gasteiger partial charge in [0.05, 0.1) is 5.56 Å². The van der Waals surface area contributed by atoms with E-state index in [2.05, 4.69) is 6.07 Å². The molecule has 2 aromatic rings. The maximum Gasteiger partial charge on any atom is 0.263 e. The first-order valence-corrected chi connectivity index (χ1v) is 9.73. The number of rotatable bonds is 4. The molecule has 150 valence electrons. The average molecular weight is 391 g/mol. The van der Waals surface area contributed by atoms with Crippen molar-refractivity contribution in [2.75, 3.05) is 19.6 Å². The maximum absolute atomic E-state index is 13.0. The zero-order valence-electron chi connectivity index (χ0n) is 17.0. The first kappa shape index (κ1) is 20.4. The molecule has 2 amide bonds. The van der Waals surface area contributed by atoms with Gasteiger partial charge < -0.3 is 14.5 Å². The number of aryl methyl sites for hydroxylation is 1. The van der Waals surface area contributed by atoms with Crippen molar-refractivity contribution in [2.24, 2.45) is 0 Å². The van der Waals surface area contributed by atoms with Crippen LogP contribution >= 0.6 is 0 Å². The summed E-state index contributed by atoms with van der Waals surface area (Å²) in [4.78, 5) is 29.2. The zero-order valence-corrected chi connectivity index (χ0v) is 17.0. The van der Waals surface area contributed by atoms with Crippen LogP contribution in [0, 0.1) is 18.3 Å². The molecule has 29 heavy (non-hydrogen) atoms. The number of ether oxygens (including phenoxy) is 1. The summed E-state index contributed by atoms with van der Waals surface area (Å²) in [6, 6.07) is 16.5. The second kappa shape index (κ2) is 8.78. The van der Waals surface area contributed by atoms with Gasteiger partial charge in [-0.2, -0.15) is 5.26 Å². The number of piperazine rings is 1. The molecule has 0 N–H and O–H groups in total. The number of carbonyl (C=O) groups is 2. The summed E-state index contributed by atoms with van der Waals surface area (Å²) in [7, 11) is 0. The van der Waals surface area contributed by atoms with Crippen LogP contribution in [0.4, 0.5) is 0 Å². The zero-order chi connectivity index (χ0) is 21.0. The van der Waals surface area contributed by atoms with Crippen LogP contribution in [0.15, 0.2) is 48.5 Å². The predicted molar refractivity (Wildman–Crippen MR) is 110 cm³/mol. The van der Waals surface area contributed by atoms with E-state index in [0.717, 1.165) is 5.56 Å². The third-order valence-corrected chi connectivity index (χ3v) is 5.22. The lowest BCUT2D eigenvalue weighted by molar-refractivity contribution is -0.142. The first-order chi connectivity index (χ1) is 13.9. The highest BCUT2D eigenvalue weighted by molar-refractivity contribution is 5.94. The van der Waals surface area contributed by atoms with Gasteiger partial charge >= 0.3 is 0 Å². The van der Waals surface area contributed by atoms with E-state index in [1.807, 2.05) is 38.1 Å². The Morgan fingerprint density at radius 3 is 2.52 bits per heavy atom. The quantitative estimate of drug-likeness (QED) is 0.803. The number of benzene rings is 2. The van der Waals surface area contributed by atoms with E-state index in [4.69, 9.17) is 4.74 Å². The van der Waals surface area contributed by atoms with Crippen molar-refractivity contribution in [3.05, 3.63) is 65.2 Å². The van der Waals surface area contributed by atoms with Gasteiger partial charge in [0.25, 0.3) is 11.8 Å². The fourth-order valence-electron chi connectivity index (χ4n) is 3.59. The Bertz CT molecular complexity index is 936. The Morgan fingerprint density at radius 1 is 1.14 bits per heavy atom. The lowest BCUT2D eigenvalue weighted by Crippen LogP contribution is -2.57. The predicted octanol–water partition coefficient (Wildman–Crippen LogP) is 3.01. The van der Waals surface area contributed by atoms with Gasteiger partial charge in [0.1, 0.15) is 11.8 Å². The van der Waals surface area contributed by atoms with Gasteiger partial charge in [-0.05, 0) is 44.5 Å². The molecular weight excluding hydrogens is 366 g/mol. The Labute approximate surface area is 171 Å². The van der Waals surface area contributed by atoms with Crippen molar-refractivity contribution in [1.82, 2.24) is 9.80 Å². The first-order valence-electron chi connectivity index (χ1n) is 9.73. The largest absolute Gasteiger partial charge is 0.479 e. The highest BCUT2D eigenvalue weighted by Gasteiger charge is 2.33. The fraction of sp³-hybridized carbons (Fsp3) is 0.348. The van der Waals surface area contributed by atoms with E-state index < -0.39 is 6.10 Å². The van der Waals surface area contributed by atoms with E-state index in [1.54, 1.807) is 41.0 Å². The van der Waals surface area contributed by atoms with Crippen LogP contribution in [0.3, 0.4) is 0 Å². The van der Waals surface area contributed by atoms with Gasteiger partial charge in [-0.1, -0.05) is 30.3 Å². The normalized spacial score (nSPS) is 17.4. The number of hydrogen-bond donors (Lipinski definition) is 0. The van der Waals surface area contributed by atoms with Crippen LogP contribution in [0.2, 0.25) is 0 Å². The van der Waals surface area contributed by atoms with E-state index in [9.17, 15) is 14.9 Å². The Kier molecular flexibility index (Phi) is 6.18. The number of amides is 2. The van der Waals surface area contributed by atoms with Crippen molar-refractivity contribution in [2.45, 2.75) is 32.9 Å². The van der Waals surface area contributed by atoms with Crippen molar-refractivity contribution < 1.29 is 14.3 Å². The molecule has 1 aliphatic heterocycles. The molecule has 0 saturated carbocycles. The van der Waals surface area contributed by atoms with Gasteiger partial charge in [-0.15, -0.1) is 0 Å². The van der Waals surface area contributed by atoms with Crippen LogP contribution in [0.1, 0.15) is 35.3 Å². The van der Waals surface area contributed by atoms with Gasteiger partial charge in [0, 0.05) is 31.2 Å². The molecule has 1 saturated heterocycles. The van der Waals surface area contributed by atoms with Crippen LogP contribution in [-0.4, -0.2) is 53.4 Å². The van der Waals surface area contributed by atoms with Crippen molar-refractivity contribution in [1.29, 1.82) is 5.26 Å². The molecule has 1 unspecified atom stereocenters. The van der Waals surface area contributed by atoms with Crippen LogP contribution < -0.4 is 4.74 Å². The minimum Gasteiger partial charge on any atom is -0.479 e. The summed E-state index contributed by atoms with van der Waals surface area (Å²) in [6.45, 7) is 6.86. The molecule has 3 rings (SSSR count). The Hall–Kier alpha value is -3.33. The molecule has 1 fully saturated rings. The van der Waals surface area contributed by atoms with Crippen molar-refractivity contribution in [3.8, 4) is 11.8 Å². The summed E-state index contributed by atoms with van der Waals surface area (Å²) in [6.07, 6.45) is -0.720. The van der Waals surface area contributed by atoms with Crippen LogP contribution in [-0.2, 0) is 4.79 Å². The van der Waals surface area contributed by atoms with Crippen LogP contribution in [0.25, 0.3) is 0 Å². The molecule has 6 heteroatoms. The molecule has 6 nitrogen and oxygen atoms in total. The molecule has 1 aliphatic rings. The van der Waals surface area contributed by atoms with Crippen molar-refractivity contribution >= 4 is 11.8 Å². The summed E-state index contributed by atoms with van der Waals surface area (Å²) in [5.74, 6) is 0.251. The number of nitrogens with zero attached hydrogens (tertiary/aromatic N) is 3. The molecule has 0 aliphatic carbocycles. The van der Waals surface area contributed by atoms with Gasteiger partial charge in [-0.3, -0.25) is 9.59 Å². The number of carbonyl (C=O) groups excluding carboxylic acids is 2. The lowest BCUT2D eigenvalue weighted by atomic mass is 10.1. The monoisotopic (exact) mass is 391 g/mol. The molecule has 0 aromatic heterocycles. The average Bonchev–Trinajstić information content (AvgIpc) is 2.73. The van der Waals surface area contributed by atoms with Gasteiger partial charge in [0.15, 0.2) is 6.10 Å². The minimum absolute atomic E-state index is 0.0210. The second-order valence-corrected chi connectivity index (χ2v) is 7.32. The molecule has 0 radical (unpaired) electrons. The SMILES string of the molecule is Cc1cccc(OC(C)C(=O)N2CCN(C(=O)c3ccccc3)C[C@H]2C)c1C#N. The summed E-state index contributed by atoms with van der Waals surface area (Å²) in [5.41, 5.74) is 1.91. The standard InChI is InChI=1S/C23H25N3O3/c1-16-8-7-11-21(20(16)14-24)29-18(3)22(27)26-13-12-25(15-17(26)2)23(28)19-9-5-4-6-10-19/h4-11,17-18H,12-13,15H2,1-3H3/t17-,18?/m1/s1. The lowest BCUT2D eigenvalue weighted by Gasteiger charge is -2.40. The summed E-state index contributed by atoms with van der Waals surface area (Å²) in [5, 5.41) is 9.35. The van der Waals surface area contributed by atoms with E-state index >= 15 is 0 Å².